The molecule has 0 saturated heterocycles. The van der Waals surface area contributed by atoms with E-state index in [1.54, 1.807) is 0 Å². The summed E-state index contributed by atoms with van der Waals surface area (Å²) in [6.07, 6.45) is 0. The number of benzene rings is 1. The summed E-state index contributed by atoms with van der Waals surface area (Å²) >= 11 is 0. The van der Waals surface area contributed by atoms with Crippen LogP contribution in [0.25, 0.3) is 0 Å². The van der Waals surface area contributed by atoms with Crippen molar-refractivity contribution in [1.82, 2.24) is 0 Å². The average molecular weight is 193 g/mol. The van der Waals surface area contributed by atoms with Crippen LogP contribution in [0.2, 0.25) is 0 Å². The summed E-state index contributed by atoms with van der Waals surface area (Å²) in [5.74, 6) is 0.329. The molecule has 0 fully saturated rings. The minimum Gasteiger partial charge on any atom is -0.381 e. The first-order valence-corrected chi connectivity index (χ1v) is 5.12. The van der Waals surface area contributed by atoms with Crippen molar-refractivity contribution < 1.29 is 4.74 Å². The summed E-state index contributed by atoms with van der Waals surface area (Å²) in [5, 5.41) is 0. The Morgan fingerprint density at radius 3 is 2.79 bits per heavy atom. The summed E-state index contributed by atoms with van der Waals surface area (Å²) in [4.78, 5) is 0. The third kappa shape index (κ3) is 3.13. The molecule has 0 heterocycles. The third-order valence-electron chi connectivity index (χ3n) is 2.32. The van der Waals surface area contributed by atoms with Gasteiger partial charge in [-0.25, -0.2) is 0 Å². The second-order valence-electron chi connectivity index (χ2n) is 3.51. The first kappa shape index (κ1) is 11.2. The normalized spacial score (nSPS) is 12.8. The van der Waals surface area contributed by atoms with E-state index in [0.717, 1.165) is 13.2 Å². The van der Waals surface area contributed by atoms with Gasteiger partial charge in [0.25, 0.3) is 0 Å². The molecular formula is C12H19NO. The Balaban J connectivity index is 2.68. The van der Waals surface area contributed by atoms with E-state index < -0.39 is 0 Å². The lowest BCUT2D eigenvalue weighted by molar-refractivity contribution is 0.134. The highest BCUT2D eigenvalue weighted by Gasteiger charge is 2.09. The van der Waals surface area contributed by atoms with Gasteiger partial charge in [-0.15, -0.1) is 0 Å². The number of ether oxygens (including phenoxy) is 1. The zero-order valence-electron chi connectivity index (χ0n) is 8.99. The van der Waals surface area contributed by atoms with Crippen molar-refractivity contribution in [1.29, 1.82) is 0 Å². The van der Waals surface area contributed by atoms with Crippen LogP contribution < -0.4 is 5.73 Å². The van der Waals surface area contributed by atoms with Crippen molar-refractivity contribution in [2.24, 2.45) is 5.73 Å². The van der Waals surface area contributed by atoms with Gasteiger partial charge in [0, 0.05) is 19.1 Å². The number of nitrogens with two attached hydrogens (primary N) is 1. The number of hydrogen-bond acceptors (Lipinski definition) is 2. The molecule has 0 spiro atoms. The lowest BCUT2D eigenvalue weighted by Gasteiger charge is -2.15. The molecule has 2 N–H and O–H groups in total. The Morgan fingerprint density at radius 1 is 1.43 bits per heavy atom. The molecule has 2 nitrogen and oxygen atoms in total. The van der Waals surface area contributed by atoms with E-state index in [-0.39, 0.29) is 0 Å². The standard InChI is InChI=1S/C12H19NO/c1-3-14-9-12(8-13)11-6-4-5-10(2)7-11/h4-7,12H,3,8-9,13H2,1-2H3. The minimum absolute atomic E-state index is 0.329. The summed E-state index contributed by atoms with van der Waals surface area (Å²) in [6, 6.07) is 8.46. The quantitative estimate of drug-likeness (QED) is 0.777. The van der Waals surface area contributed by atoms with Crippen LogP contribution in [0.4, 0.5) is 0 Å². The predicted octanol–water partition coefficient (Wildman–Crippen LogP) is 2.07. The fourth-order valence-electron chi connectivity index (χ4n) is 1.48. The van der Waals surface area contributed by atoms with Crippen molar-refractivity contribution in [2.45, 2.75) is 19.8 Å². The highest BCUT2D eigenvalue weighted by atomic mass is 16.5. The monoisotopic (exact) mass is 193 g/mol. The minimum atomic E-state index is 0.329. The molecule has 1 aromatic carbocycles. The lowest BCUT2D eigenvalue weighted by atomic mass is 9.98. The molecule has 0 aliphatic heterocycles. The fraction of sp³-hybridized carbons (Fsp3) is 0.500. The van der Waals surface area contributed by atoms with Gasteiger partial charge in [-0.05, 0) is 19.4 Å². The molecule has 1 aromatic rings. The summed E-state index contributed by atoms with van der Waals surface area (Å²) in [5.41, 5.74) is 8.27. The van der Waals surface area contributed by atoms with Gasteiger partial charge in [-0.1, -0.05) is 29.8 Å². The summed E-state index contributed by atoms with van der Waals surface area (Å²) in [6.45, 7) is 6.21. The van der Waals surface area contributed by atoms with Crippen molar-refractivity contribution in [3.8, 4) is 0 Å². The van der Waals surface area contributed by atoms with E-state index in [2.05, 4.69) is 31.2 Å². The molecule has 0 radical (unpaired) electrons. The molecule has 1 unspecified atom stereocenters. The fourth-order valence-corrected chi connectivity index (χ4v) is 1.48. The van der Waals surface area contributed by atoms with E-state index in [1.165, 1.54) is 11.1 Å². The first-order chi connectivity index (χ1) is 6.77. The zero-order valence-corrected chi connectivity index (χ0v) is 8.99. The average Bonchev–Trinajstić information content (AvgIpc) is 2.19. The van der Waals surface area contributed by atoms with E-state index in [0.29, 0.717) is 12.5 Å². The number of aryl methyl sites for hydroxylation is 1. The Kier molecular flexibility index (Phi) is 4.63. The maximum Gasteiger partial charge on any atom is 0.0546 e. The molecule has 14 heavy (non-hydrogen) atoms. The van der Waals surface area contributed by atoms with Gasteiger partial charge in [0.05, 0.1) is 6.61 Å². The Labute approximate surface area is 86.1 Å². The second kappa shape index (κ2) is 5.78. The molecule has 0 aliphatic carbocycles. The molecule has 2 heteroatoms. The SMILES string of the molecule is CCOCC(CN)c1cccc(C)c1. The van der Waals surface area contributed by atoms with Gasteiger partial charge in [-0.2, -0.15) is 0 Å². The van der Waals surface area contributed by atoms with Gasteiger partial charge in [0.1, 0.15) is 0 Å². The lowest BCUT2D eigenvalue weighted by Crippen LogP contribution is -2.18. The van der Waals surface area contributed by atoms with E-state index in [9.17, 15) is 0 Å². The molecule has 0 amide bonds. The van der Waals surface area contributed by atoms with Crippen molar-refractivity contribution in [3.63, 3.8) is 0 Å². The molecule has 0 aromatic heterocycles. The van der Waals surface area contributed by atoms with E-state index in [1.807, 2.05) is 6.92 Å². The van der Waals surface area contributed by atoms with Crippen LogP contribution in [-0.2, 0) is 4.74 Å². The van der Waals surface area contributed by atoms with Crippen molar-refractivity contribution in [3.05, 3.63) is 35.4 Å². The number of rotatable bonds is 5. The Hall–Kier alpha value is -0.860. The van der Waals surface area contributed by atoms with Crippen LogP contribution in [0, 0.1) is 6.92 Å². The first-order valence-electron chi connectivity index (χ1n) is 5.12. The van der Waals surface area contributed by atoms with Crippen LogP contribution in [0.1, 0.15) is 24.0 Å². The maximum absolute atomic E-state index is 5.72. The highest BCUT2D eigenvalue weighted by Crippen LogP contribution is 2.16. The Morgan fingerprint density at radius 2 is 2.21 bits per heavy atom. The van der Waals surface area contributed by atoms with Gasteiger partial charge >= 0.3 is 0 Å². The van der Waals surface area contributed by atoms with Gasteiger partial charge in [0.15, 0.2) is 0 Å². The van der Waals surface area contributed by atoms with E-state index >= 15 is 0 Å². The largest absolute Gasteiger partial charge is 0.381 e. The van der Waals surface area contributed by atoms with Crippen LogP contribution in [0.15, 0.2) is 24.3 Å². The second-order valence-corrected chi connectivity index (χ2v) is 3.51. The molecule has 1 rings (SSSR count). The summed E-state index contributed by atoms with van der Waals surface area (Å²) in [7, 11) is 0. The maximum atomic E-state index is 5.72. The number of hydrogen-bond donors (Lipinski definition) is 1. The molecule has 0 aliphatic rings. The predicted molar refractivity (Wildman–Crippen MR) is 59.5 cm³/mol. The van der Waals surface area contributed by atoms with Crippen molar-refractivity contribution >= 4 is 0 Å². The molecular weight excluding hydrogens is 174 g/mol. The van der Waals surface area contributed by atoms with Crippen LogP contribution in [0.5, 0.6) is 0 Å². The van der Waals surface area contributed by atoms with E-state index in [4.69, 9.17) is 10.5 Å². The van der Waals surface area contributed by atoms with Gasteiger partial charge in [-0.3, -0.25) is 0 Å². The highest BCUT2D eigenvalue weighted by molar-refractivity contribution is 5.25. The summed E-state index contributed by atoms with van der Waals surface area (Å²) < 4.78 is 5.40. The molecule has 0 bridgehead atoms. The Bertz CT molecular complexity index is 273. The van der Waals surface area contributed by atoms with Crippen LogP contribution >= 0.6 is 0 Å². The van der Waals surface area contributed by atoms with Gasteiger partial charge < -0.3 is 10.5 Å². The van der Waals surface area contributed by atoms with Crippen molar-refractivity contribution in [2.75, 3.05) is 19.8 Å². The van der Waals surface area contributed by atoms with Crippen LogP contribution in [0.3, 0.4) is 0 Å². The zero-order chi connectivity index (χ0) is 10.4. The topological polar surface area (TPSA) is 35.2 Å². The molecule has 78 valence electrons. The molecule has 1 atom stereocenters. The van der Waals surface area contributed by atoms with Crippen LogP contribution in [-0.4, -0.2) is 19.8 Å². The smallest absolute Gasteiger partial charge is 0.0546 e. The van der Waals surface area contributed by atoms with Gasteiger partial charge in [0.2, 0.25) is 0 Å². The third-order valence-corrected chi connectivity index (χ3v) is 2.32. The molecule has 0 saturated carbocycles.